The minimum absolute atomic E-state index is 0.0326. The summed E-state index contributed by atoms with van der Waals surface area (Å²) in [5, 5.41) is 8.96. The molecule has 2 rings (SSSR count). The molecule has 21 heavy (non-hydrogen) atoms. The molecule has 1 heterocycles. The molecule has 4 nitrogen and oxygen atoms in total. The molecular formula is C17H20N2O2. The number of nitriles is 1. The summed E-state index contributed by atoms with van der Waals surface area (Å²) in [6, 6.07) is 9.74. The summed E-state index contributed by atoms with van der Waals surface area (Å²) in [5.74, 6) is 0.0326. The van der Waals surface area contributed by atoms with Crippen LogP contribution in [0.1, 0.15) is 36.2 Å². The molecule has 0 atom stereocenters. The predicted octanol–water partition coefficient (Wildman–Crippen LogP) is 2.87. The first-order valence-electron chi connectivity index (χ1n) is 7.14. The van der Waals surface area contributed by atoms with Crippen molar-refractivity contribution in [2.45, 2.75) is 20.3 Å². The highest BCUT2D eigenvalue weighted by Crippen LogP contribution is 2.23. The lowest BCUT2D eigenvalue weighted by Gasteiger charge is -2.27. The van der Waals surface area contributed by atoms with Gasteiger partial charge in [-0.05, 0) is 37.1 Å². The molecule has 1 amide bonds. The third-order valence-electron chi connectivity index (χ3n) is 3.62. The molecule has 0 N–H and O–H groups in total. The second-order valence-electron chi connectivity index (χ2n) is 5.30. The molecule has 0 bridgehead atoms. The zero-order valence-corrected chi connectivity index (χ0v) is 12.6. The van der Waals surface area contributed by atoms with E-state index in [0.717, 1.165) is 16.7 Å². The van der Waals surface area contributed by atoms with Gasteiger partial charge >= 0.3 is 0 Å². The number of carbonyl (C=O) groups excluding carboxylic acids is 1. The standard InChI is InChI=1S/C17H20N2O2/c1-13(2)16(6-7-18)14-4-3-5-15(12-14)17(20)19-8-10-21-11-9-19/h3-5,12H,6,8-11H2,1-2H3. The maximum Gasteiger partial charge on any atom is 0.254 e. The molecule has 1 aromatic carbocycles. The van der Waals surface area contributed by atoms with Gasteiger partial charge in [-0.25, -0.2) is 0 Å². The number of ether oxygens (including phenoxy) is 1. The SMILES string of the molecule is CC(C)=C(CC#N)c1cccc(C(=O)N2CCOCC2)c1. The summed E-state index contributed by atoms with van der Waals surface area (Å²) < 4.78 is 5.27. The van der Waals surface area contributed by atoms with Gasteiger partial charge in [-0.15, -0.1) is 0 Å². The number of carbonyl (C=O) groups is 1. The number of nitrogens with zero attached hydrogens (tertiary/aromatic N) is 2. The molecule has 0 aromatic heterocycles. The minimum atomic E-state index is 0.0326. The van der Waals surface area contributed by atoms with Gasteiger partial charge in [-0.2, -0.15) is 5.26 Å². The number of hydrogen-bond acceptors (Lipinski definition) is 3. The first kappa shape index (κ1) is 15.3. The minimum Gasteiger partial charge on any atom is -0.378 e. The molecule has 0 aliphatic carbocycles. The van der Waals surface area contributed by atoms with Crippen molar-refractivity contribution >= 4 is 11.5 Å². The Bertz CT molecular complexity index is 589. The fraction of sp³-hybridized carbons (Fsp3) is 0.412. The molecule has 1 aromatic rings. The van der Waals surface area contributed by atoms with Crippen LogP contribution in [0.3, 0.4) is 0 Å². The second kappa shape index (κ2) is 7.05. The van der Waals surface area contributed by atoms with Gasteiger partial charge in [0.25, 0.3) is 5.91 Å². The Balaban J connectivity index is 2.27. The van der Waals surface area contributed by atoms with Gasteiger partial charge < -0.3 is 9.64 Å². The Kier molecular flexibility index (Phi) is 5.13. The lowest BCUT2D eigenvalue weighted by atomic mass is 9.97. The zero-order chi connectivity index (χ0) is 15.2. The Morgan fingerprint density at radius 1 is 1.29 bits per heavy atom. The van der Waals surface area contributed by atoms with Crippen LogP contribution in [0.4, 0.5) is 0 Å². The van der Waals surface area contributed by atoms with Gasteiger partial charge in [-0.3, -0.25) is 4.79 Å². The molecule has 110 valence electrons. The third kappa shape index (κ3) is 3.71. The van der Waals surface area contributed by atoms with Gasteiger partial charge in [0.1, 0.15) is 0 Å². The van der Waals surface area contributed by atoms with Crippen molar-refractivity contribution in [2.24, 2.45) is 0 Å². The Hall–Kier alpha value is -2.12. The molecule has 0 radical (unpaired) electrons. The number of amides is 1. The third-order valence-corrected chi connectivity index (χ3v) is 3.62. The van der Waals surface area contributed by atoms with Crippen LogP contribution >= 0.6 is 0 Å². The van der Waals surface area contributed by atoms with Gasteiger partial charge in [0.05, 0.1) is 25.7 Å². The highest BCUT2D eigenvalue weighted by Gasteiger charge is 2.19. The summed E-state index contributed by atoms with van der Waals surface area (Å²) in [7, 11) is 0. The summed E-state index contributed by atoms with van der Waals surface area (Å²) in [6.07, 6.45) is 0.359. The Morgan fingerprint density at radius 2 is 1.95 bits per heavy atom. The molecule has 0 spiro atoms. The molecule has 1 aliphatic rings. The monoisotopic (exact) mass is 284 g/mol. The average Bonchev–Trinajstić information content (AvgIpc) is 2.52. The van der Waals surface area contributed by atoms with E-state index in [1.807, 2.05) is 43.0 Å². The molecule has 1 aliphatic heterocycles. The molecule has 0 saturated carbocycles. The number of hydrogen-bond donors (Lipinski definition) is 0. The van der Waals surface area contributed by atoms with E-state index in [1.165, 1.54) is 0 Å². The quantitative estimate of drug-likeness (QED) is 0.857. The zero-order valence-electron chi connectivity index (χ0n) is 12.6. The van der Waals surface area contributed by atoms with Crippen molar-refractivity contribution in [1.82, 2.24) is 4.90 Å². The topological polar surface area (TPSA) is 53.3 Å². The highest BCUT2D eigenvalue weighted by molar-refractivity contribution is 5.95. The van der Waals surface area contributed by atoms with Crippen molar-refractivity contribution in [2.75, 3.05) is 26.3 Å². The van der Waals surface area contributed by atoms with Crippen LogP contribution in [-0.2, 0) is 4.74 Å². The maximum absolute atomic E-state index is 12.5. The van der Waals surface area contributed by atoms with E-state index in [0.29, 0.717) is 38.3 Å². The van der Waals surface area contributed by atoms with Crippen LogP contribution in [0.5, 0.6) is 0 Å². The molecule has 4 heteroatoms. The van der Waals surface area contributed by atoms with Crippen molar-refractivity contribution in [3.8, 4) is 6.07 Å². The van der Waals surface area contributed by atoms with E-state index < -0.39 is 0 Å². The highest BCUT2D eigenvalue weighted by atomic mass is 16.5. The summed E-state index contributed by atoms with van der Waals surface area (Å²) in [4.78, 5) is 14.3. The molecule has 0 unspecified atom stereocenters. The summed E-state index contributed by atoms with van der Waals surface area (Å²) in [6.45, 7) is 6.44. The lowest BCUT2D eigenvalue weighted by molar-refractivity contribution is 0.0303. The second-order valence-corrected chi connectivity index (χ2v) is 5.30. The number of morpholine rings is 1. The number of allylic oxidation sites excluding steroid dienone is 2. The van der Waals surface area contributed by atoms with Gasteiger partial charge in [0.15, 0.2) is 0 Å². The van der Waals surface area contributed by atoms with Gasteiger partial charge in [-0.1, -0.05) is 17.7 Å². The number of benzene rings is 1. The number of rotatable bonds is 3. The van der Waals surface area contributed by atoms with E-state index in [1.54, 1.807) is 0 Å². The van der Waals surface area contributed by atoms with E-state index in [-0.39, 0.29) is 5.91 Å². The molecular weight excluding hydrogens is 264 g/mol. The van der Waals surface area contributed by atoms with Crippen LogP contribution in [0.2, 0.25) is 0 Å². The van der Waals surface area contributed by atoms with E-state index in [2.05, 4.69) is 6.07 Å². The van der Waals surface area contributed by atoms with Gasteiger partial charge in [0, 0.05) is 18.7 Å². The largest absolute Gasteiger partial charge is 0.378 e. The fourth-order valence-electron chi connectivity index (χ4n) is 2.44. The first-order chi connectivity index (χ1) is 10.1. The van der Waals surface area contributed by atoms with Crippen LogP contribution in [0.15, 0.2) is 29.8 Å². The summed E-state index contributed by atoms with van der Waals surface area (Å²) in [5.41, 5.74) is 3.73. The molecule has 1 saturated heterocycles. The van der Waals surface area contributed by atoms with E-state index in [9.17, 15) is 4.79 Å². The maximum atomic E-state index is 12.5. The van der Waals surface area contributed by atoms with E-state index >= 15 is 0 Å². The predicted molar refractivity (Wildman–Crippen MR) is 81.7 cm³/mol. The van der Waals surface area contributed by atoms with E-state index in [4.69, 9.17) is 10.00 Å². The fourth-order valence-corrected chi connectivity index (χ4v) is 2.44. The molecule has 1 fully saturated rings. The van der Waals surface area contributed by atoms with Crippen LogP contribution < -0.4 is 0 Å². The van der Waals surface area contributed by atoms with Gasteiger partial charge in [0.2, 0.25) is 0 Å². The van der Waals surface area contributed by atoms with Crippen molar-refractivity contribution in [1.29, 1.82) is 5.26 Å². The van der Waals surface area contributed by atoms with Crippen LogP contribution in [0, 0.1) is 11.3 Å². The van der Waals surface area contributed by atoms with Crippen LogP contribution in [0.25, 0.3) is 5.57 Å². The Labute approximate surface area is 125 Å². The van der Waals surface area contributed by atoms with Crippen molar-refractivity contribution in [3.63, 3.8) is 0 Å². The normalized spacial score (nSPS) is 14.4. The first-order valence-corrected chi connectivity index (χ1v) is 7.14. The van der Waals surface area contributed by atoms with Crippen LogP contribution in [-0.4, -0.2) is 37.1 Å². The Morgan fingerprint density at radius 3 is 2.57 bits per heavy atom. The van der Waals surface area contributed by atoms with Crippen molar-refractivity contribution in [3.05, 3.63) is 41.0 Å². The average molecular weight is 284 g/mol. The lowest BCUT2D eigenvalue weighted by Crippen LogP contribution is -2.40. The smallest absolute Gasteiger partial charge is 0.254 e. The van der Waals surface area contributed by atoms with Crippen molar-refractivity contribution < 1.29 is 9.53 Å². The summed E-state index contributed by atoms with van der Waals surface area (Å²) >= 11 is 0.